The predicted octanol–water partition coefficient (Wildman–Crippen LogP) is 1.99. The summed E-state index contributed by atoms with van der Waals surface area (Å²) in [6.07, 6.45) is 0.496. The molecule has 3 nitrogen and oxygen atoms in total. The van der Waals surface area contributed by atoms with Gasteiger partial charge in [0.15, 0.2) is 9.84 Å². The minimum atomic E-state index is -3.11. The molecule has 0 heterocycles. The molecule has 0 fully saturated rings. The molecule has 90 valence electrons. The molecule has 0 spiro atoms. The Morgan fingerprint density at radius 2 is 1.88 bits per heavy atom. The molecule has 16 heavy (non-hydrogen) atoms. The molecule has 0 saturated heterocycles. The van der Waals surface area contributed by atoms with E-state index in [-0.39, 0.29) is 5.75 Å². The molecule has 0 saturated carbocycles. The minimum Gasteiger partial charge on any atom is -0.330 e. The van der Waals surface area contributed by atoms with Gasteiger partial charge in [0, 0.05) is 5.02 Å². The van der Waals surface area contributed by atoms with Crippen molar-refractivity contribution in [1.29, 1.82) is 0 Å². The molecule has 0 aliphatic carbocycles. The fourth-order valence-electron chi connectivity index (χ4n) is 1.37. The Morgan fingerprint density at radius 3 is 2.38 bits per heavy atom. The summed E-state index contributed by atoms with van der Waals surface area (Å²) >= 11 is 5.73. The lowest BCUT2D eigenvalue weighted by molar-refractivity contribution is 0.577. The standard InChI is InChI=1S/C11H16ClNO2S/c1-9(6-7-13)16(14,15)8-10-2-4-11(12)5-3-10/h2-5,9H,6-8,13H2,1H3. The SMILES string of the molecule is CC(CCN)S(=O)(=O)Cc1ccc(Cl)cc1. The van der Waals surface area contributed by atoms with Gasteiger partial charge in [-0.2, -0.15) is 0 Å². The first-order chi connectivity index (χ1) is 7.45. The lowest BCUT2D eigenvalue weighted by Crippen LogP contribution is -2.22. The molecular weight excluding hydrogens is 246 g/mol. The third-order valence-electron chi connectivity index (χ3n) is 2.47. The molecule has 0 radical (unpaired) electrons. The van der Waals surface area contributed by atoms with Gasteiger partial charge in [0.1, 0.15) is 0 Å². The van der Waals surface area contributed by atoms with Crippen molar-refractivity contribution in [3.8, 4) is 0 Å². The maximum atomic E-state index is 11.9. The van der Waals surface area contributed by atoms with Crippen LogP contribution in [0.15, 0.2) is 24.3 Å². The van der Waals surface area contributed by atoms with Crippen LogP contribution in [0.1, 0.15) is 18.9 Å². The van der Waals surface area contributed by atoms with Crippen LogP contribution in [0.5, 0.6) is 0 Å². The molecule has 0 aromatic heterocycles. The Kier molecular flexibility index (Phi) is 4.77. The van der Waals surface area contributed by atoms with Crippen molar-refractivity contribution in [1.82, 2.24) is 0 Å². The van der Waals surface area contributed by atoms with Crippen molar-refractivity contribution in [2.75, 3.05) is 6.54 Å². The number of halogens is 1. The average molecular weight is 262 g/mol. The van der Waals surface area contributed by atoms with E-state index in [2.05, 4.69) is 0 Å². The van der Waals surface area contributed by atoms with Gasteiger partial charge in [-0.3, -0.25) is 0 Å². The third-order valence-corrected chi connectivity index (χ3v) is 4.92. The number of nitrogens with two attached hydrogens (primary N) is 1. The summed E-state index contributed by atoms with van der Waals surface area (Å²) in [5.41, 5.74) is 6.12. The van der Waals surface area contributed by atoms with Crippen LogP contribution in [0.2, 0.25) is 5.02 Å². The van der Waals surface area contributed by atoms with Gasteiger partial charge in [-0.15, -0.1) is 0 Å². The average Bonchev–Trinajstić information content (AvgIpc) is 2.21. The molecule has 0 bridgehead atoms. The van der Waals surface area contributed by atoms with Crippen molar-refractivity contribution in [2.45, 2.75) is 24.3 Å². The number of benzene rings is 1. The number of hydrogen-bond acceptors (Lipinski definition) is 3. The van der Waals surface area contributed by atoms with Gasteiger partial charge in [-0.05, 0) is 37.6 Å². The van der Waals surface area contributed by atoms with E-state index in [1.807, 2.05) is 0 Å². The Morgan fingerprint density at radius 1 is 1.31 bits per heavy atom. The zero-order valence-electron chi connectivity index (χ0n) is 9.19. The highest BCUT2D eigenvalue weighted by molar-refractivity contribution is 7.91. The highest BCUT2D eigenvalue weighted by Gasteiger charge is 2.20. The molecule has 1 aromatic carbocycles. The Hall–Kier alpha value is -0.580. The van der Waals surface area contributed by atoms with E-state index in [0.29, 0.717) is 18.0 Å². The molecule has 0 amide bonds. The van der Waals surface area contributed by atoms with E-state index >= 15 is 0 Å². The third kappa shape index (κ3) is 3.77. The largest absolute Gasteiger partial charge is 0.330 e. The number of sulfone groups is 1. The van der Waals surface area contributed by atoms with Gasteiger partial charge < -0.3 is 5.73 Å². The molecule has 5 heteroatoms. The van der Waals surface area contributed by atoms with Crippen molar-refractivity contribution in [2.24, 2.45) is 5.73 Å². The summed E-state index contributed by atoms with van der Waals surface area (Å²) in [4.78, 5) is 0. The van der Waals surface area contributed by atoms with Gasteiger partial charge >= 0.3 is 0 Å². The van der Waals surface area contributed by atoms with Crippen molar-refractivity contribution < 1.29 is 8.42 Å². The molecule has 1 atom stereocenters. The lowest BCUT2D eigenvalue weighted by atomic mass is 10.2. The Labute approximate surface area is 102 Å². The summed E-state index contributed by atoms with van der Waals surface area (Å²) in [5.74, 6) is 0.0470. The van der Waals surface area contributed by atoms with Gasteiger partial charge in [-0.25, -0.2) is 8.42 Å². The van der Waals surface area contributed by atoms with Crippen molar-refractivity contribution >= 4 is 21.4 Å². The molecule has 2 N–H and O–H groups in total. The van der Waals surface area contributed by atoms with Crippen LogP contribution < -0.4 is 5.73 Å². The molecule has 1 rings (SSSR count). The normalized spacial score (nSPS) is 13.7. The van der Waals surface area contributed by atoms with Gasteiger partial charge in [0.25, 0.3) is 0 Å². The van der Waals surface area contributed by atoms with Crippen LogP contribution in [0.25, 0.3) is 0 Å². The summed E-state index contributed by atoms with van der Waals surface area (Å²) in [5, 5.41) is 0.212. The zero-order chi connectivity index (χ0) is 12.2. The Bertz CT molecular complexity index is 428. The molecular formula is C11H16ClNO2S. The fraction of sp³-hybridized carbons (Fsp3) is 0.455. The van der Waals surface area contributed by atoms with Gasteiger partial charge in [0.2, 0.25) is 0 Å². The lowest BCUT2D eigenvalue weighted by Gasteiger charge is -2.11. The zero-order valence-corrected chi connectivity index (χ0v) is 10.8. The Balaban J connectivity index is 2.76. The van der Waals surface area contributed by atoms with E-state index in [1.54, 1.807) is 31.2 Å². The van der Waals surface area contributed by atoms with E-state index in [4.69, 9.17) is 17.3 Å². The smallest absolute Gasteiger partial charge is 0.157 e. The first-order valence-electron chi connectivity index (χ1n) is 5.12. The second-order valence-electron chi connectivity index (χ2n) is 3.82. The predicted molar refractivity (Wildman–Crippen MR) is 67.2 cm³/mol. The number of rotatable bonds is 5. The van der Waals surface area contributed by atoms with E-state index in [9.17, 15) is 8.42 Å². The van der Waals surface area contributed by atoms with Crippen LogP contribution in [-0.4, -0.2) is 20.2 Å². The molecule has 1 unspecified atom stereocenters. The van der Waals surface area contributed by atoms with E-state index in [0.717, 1.165) is 5.56 Å². The van der Waals surface area contributed by atoms with Crippen LogP contribution in [0.3, 0.4) is 0 Å². The van der Waals surface area contributed by atoms with E-state index < -0.39 is 15.1 Å². The summed E-state index contributed by atoms with van der Waals surface area (Å²) < 4.78 is 23.8. The monoisotopic (exact) mass is 261 g/mol. The topological polar surface area (TPSA) is 60.2 Å². The molecule has 1 aromatic rings. The van der Waals surface area contributed by atoms with Gasteiger partial charge in [-0.1, -0.05) is 23.7 Å². The van der Waals surface area contributed by atoms with Crippen LogP contribution >= 0.6 is 11.6 Å². The fourth-order valence-corrected chi connectivity index (χ4v) is 2.93. The quantitative estimate of drug-likeness (QED) is 0.882. The highest BCUT2D eigenvalue weighted by atomic mass is 35.5. The van der Waals surface area contributed by atoms with Gasteiger partial charge in [0.05, 0.1) is 11.0 Å². The van der Waals surface area contributed by atoms with E-state index in [1.165, 1.54) is 0 Å². The van der Waals surface area contributed by atoms with Crippen LogP contribution in [0.4, 0.5) is 0 Å². The second-order valence-corrected chi connectivity index (χ2v) is 6.68. The highest BCUT2D eigenvalue weighted by Crippen LogP contribution is 2.15. The maximum Gasteiger partial charge on any atom is 0.157 e. The second kappa shape index (κ2) is 5.66. The molecule has 0 aliphatic rings. The van der Waals surface area contributed by atoms with Crippen LogP contribution in [0, 0.1) is 0 Å². The maximum absolute atomic E-state index is 11.9. The summed E-state index contributed by atoms with van der Waals surface area (Å²) in [7, 11) is -3.11. The summed E-state index contributed by atoms with van der Waals surface area (Å²) in [6.45, 7) is 2.08. The number of hydrogen-bond donors (Lipinski definition) is 1. The van der Waals surface area contributed by atoms with Crippen molar-refractivity contribution in [3.05, 3.63) is 34.9 Å². The van der Waals surface area contributed by atoms with Crippen molar-refractivity contribution in [3.63, 3.8) is 0 Å². The minimum absolute atomic E-state index is 0.0470. The molecule has 0 aliphatic heterocycles. The first-order valence-corrected chi connectivity index (χ1v) is 7.21. The first kappa shape index (κ1) is 13.5. The summed E-state index contributed by atoms with van der Waals surface area (Å²) in [6, 6.07) is 6.85. The van der Waals surface area contributed by atoms with Crippen LogP contribution in [-0.2, 0) is 15.6 Å².